The molecule has 1 fully saturated rings. The van der Waals surface area contributed by atoms with Gasteiger partial charge in [0.25, 0.3) is 11.7 Å². The first-order valence-corrected chi connectivity index (χ1v) is 14.0. The van der Waals surface area contributed by atoms with Gasteiger partial charge in [-0.25, -0.2) is 0 Å². The van der Waals surface area contributed by atoms with E-state index in [1.165, 1.54) is 11.1 Å². The fourth-order valence-corrected chi connectivity index (χ4v) is 5.98. The number of hydrogen-bond acceptors (Lipinski definition) is 4. The summed E-state index contributed by atoms with van der Waals surface area (Å²) in [5.41, 5.74) is 4.97. The molecule has 0 bridgehead atoms. The Hall–Kier alpha value is -4.39. The molecule has 2 aromatic heterocycles. The summed E-state index contributed by atoms with van der Waals surface area (Å²) in [7, 11) is 1.56. The van der Waals surface area contributed by atoms with E-state index in [1.807, 2.05) is 48.7 Å². The van der Waals surface area contributed by atoms with Crippen LogP contribution in [-0.4, -0.2) is 59.2 Å². The van der Waals surface area contributed by atoms with Gasteiger partial charge in [0, 0.05) is 43.5 Å². The van der Waals surface area contributed by atoms with Crippen LogP contribution in [0.4, 0.5) is 0 Å². The summed E-state index contributed by atoms with van der Waals surface area (Å²) in [6.07, 6.45) is 1.81. The van der Waals surface area contributed by atoms with Gasteiger partial charge >= 0.3 is 0 Å². The fraction of sp³-hybridized carbons (Fsp3) is 0.176. The van der Waals surface area contributed by atoms with Crippen molar-refractivity contribution in [2.75, 3.05) is 33.3 Å². The lowest BCUT2D eigenvalue weighted by Crippen LogP contribution is -2.51. The second kappa shape index (κ2) is 11.6. The molecule has 6 nitrogen and oxygen atoms in total. The Balaban J connectivity index is 1.26. The summed E-state index contributed by atoms with van der Waals surface area (Å²) in [6.45, 7) is 2.24. The van der Waals surface area contributed by atoms with E-state index in [2.05, 4.69) is 53.4 Å². The second-order valence-electron chi connectivity index (χ2n) is 10.1. The molecular formula is C34H30ClN3O3. The summed E-state index contributed by atoms with van der Waals surface area (Å²) < 4.78 is 7.09. The number of rotatable bonds is 7. The van der Waals surface area contributed by atoms with Crippen LogP contribution in [0.15, 0.2) is 109 Å². The number of pyridine rings is 1. The molecule has 3 aromatic carbocycles. The molecule has 1 aliphatic heterocycles. The maximum Gasteiger partial charge on any atom is 0.296 e. The SMILES string of the molecule is COc1ccc(-c2cc3ccccn3c2C(=O)C(=O)N2CCN(C(c3ccccc3)c3ccccc3)CC2)cc1Cl. The zero-order valence-electron chi connectivity index (χ0n) is 22.7. The van der Waals surface area contributed by atoms with Crippen molar-refractivity contribution in [1.29, 1.82) is 0 Å². The summed E-state index contributed by atoms with van der Waals surface area (Å²) in [6, 6.07) is 33.9. The number of hydrogen-bond donors (Lipinski definition) is 0. The number of Topliss-reactive ketones (excluding diaryl/α,β-unsaturated/α-hetero) is 1. The van der Waals surface area contributed by atoms with Crippen LogP contribution in [0.1, 0.15) is 27.7 Å². The minimum Gasteiger partial charge on any atom is -0.495 e. The highest BCUT2D eigenvalue weighted by Crippen LogP contribution is 2.34. The van der Waals surface area contributed by atoms with Gasteiger partial charge in [0.1, 0.15) is 11.4 Å². The zero-order chi connectivity index (χ0) is 28.3. The number of carbonyl (C=O) groups is 2. The Labute approximate surface area is 244 Å². The first-order valence-electron chi connectivity index (χ1n) is 13.7. The molecule has 6 rings (SSSR count). The molecule has 41 heavy (non-hydrogen) atoms. The summed E-state index contributed by atoms with van der Waals surface area (Å²) in [4.78, 5) is 31.7. The molecule has 0 radical (unpaired) electrons. The lowest BCUT2D eigenvalue weighted by atomic mass is 9.96. The molecule has 5 aromatic rings. The first kappa shape index (κ1) is 26.8. The van der Waals surface area contributed by atoms with E-state index in [1.54, 1.807) is 28.5 Å². The van der Waals surface area contributed by atoms with Crippen molar-refractivity contribution >= 4 is 28.8 Å². The smallest absolute Gasteiger partial charge is 0.296 e. The Morgan fingerprint density at radius 1 is 0.780 bits per heavy atom. The van der Waals surface area contributed by atoms with Crippen molar-refractivity contribution < 1.29 is 14.3 Å². The summed E-state index contributed by atoms with van der Waals surface area (Å²) >= 11 is 6.43. The fourth-order valence-electron chi connectivity index (χ4n) is 5.72. The predicted molar refractivity (Wildman–Crippen MR) is 162 cm³/mol. The van der Waals surface area contributed by atoms with E-state index in [0.717, 1.165) is 11.1 Å². The van der Waals surface area contributed by atoms with Gasteiger partial charge in [-0.2, -0.15) is 0 Å². The Morgan fingerprint density at radius 2 is 1.41 bits per heavy atom. The molecule has 3 heterocycles. The summed E-state index contributed by atoms with van der Waals surface area (Å²) in [5, 5.41) is 0.437. The molecule has 1 saturated heterocycles. The van der Waals surface area contributed by atoms with Crippen LogP contribution >= 0.6 is 11.6 Å². The van der Waals surface area contributed by atoms with Gasteiger partial charge in [0.05, 0.1) is 18.2 Å². The summed E-state index contributed by atoms with van der Waals surface area (Å²) in [5.74, 6) is -0.482. The number of fused-ring (bicyclic) bond motifs is 1. The lowest BCUT2D eigenvalue weighted by Gasteiger charge is -2.39. The van der Waals surface area contributed by atoms with Crippen molar-refractivity contribution in [3.05, 3.63) is 131 Å². The minimum absolute atomic E-state index is 0.0753. The van der Waals surface area contributed by atoms with Crippen LogP contribution < -0.4 is 4.74 Å². The maximum atomic E-state index is 13.9. The molecule has 206 valence electrons. The molecular weight excluding hydrogens is 534 g/mol. The Morgan fingerprint density at radius 3 is 2.02 bits per heavy atom. The van der Waals surface area contributed by atoms with Crippen LogP contribution in [0.2, 0.25) is 5.02 Å². The number of piperazine rings is 1. The average Bonchev–Trinajstić information content (AvgIpc) is 3.41. The van der Waals surface area contributed by atoms with Crippen LogP contribution in [0.5, 0.6) is 5.75 Å². The largest absolute Gasteiger partial charge is 0.495 e. The Bertz CT molecular complexity index is 1650. The third kappa shape index (κ3) is 5.24. The first-order chi connectivity index (χ1) is 20.0. The number of ether oxygens (including phenoxy) is 1. The molecule has 0 spiro atoms. The normalized spacial score (nSPS) is 14.0. The molecule has 0 saturated carbocycles. The van der Waals surface area contributed by atoms with E-state index in [-0.39, 0.29) is 6.04 Å². The van der Waals surface area contributed by atoms with Gasteiger partial charge < -0.3 is 14.0 Å². The van der Waals surface area contributed by atoms with Crippen molar-refractivity contribution in [2.45, 2.75) is 6.04 Å². The van der Waals surface area contributed by atoms with Crippen LogP contribution in [0.3, 0.4) is 0 Å². The highest BCUT2D eigenvalue weighted by Gasteiger charge is 2.33. The standard InChI is InChI=1S/C34H30ClN3O3/c1-41-30-16-15-26(22-29(30)35)28-23-27-14-8-9-17-38(27)32(28)33(39)34(40)37-20-18-36(19-21-37)31(24-10-4-2-5-11-24)25-12-6-3-7-13-25/h2-17,22-23,31H,18-21H2,1H3. The second-order valence-corrected chi connectivity index (χ2v) is 10.5. The van der Waals surface area contributed by atoms with E-state index < -0.39 is 11.7 Å². The maximum absolute atomic E-state index is 13.9. The van der Waals surface area contributed by atoms with E-state index in [0.29, 0.717) is 48.2 Å². The van der Waals surface area contributed by atoms with E-state index in [4.69, 9.17) is 16.3 Å². The van der Waals surface area contributed by atoms with Crippen LogP contribution in [0.25, 0.3) is 16.6 Å². The lowest BCUT2D eigenvalue weighted by molar-refractivity contribution is -0.128. The highest BCUT2D eigenvalue weighted by molar-refractivity contribution is 6.43. The van der Waals surface area contributed by atoms with Gasteiger partial charge in [0.2, 0.25) is 0 Å². The highest BCUT2D eigenvalue weighted by atomic mass is 35.5. The third-order valence-electron chi connectivity index (χ3n) is 7.75. The van der Waals surface area contributed by atoms with Crippen LogP contribution in [0, 0.1) is 0 Å². The topological polar surface area (TPSA) is 54.3 Å². The molecule has 7 heteroatoms. The van der Waals surface area contributed by atoms with Crippen molar-refractivity contribution in [3.8, 4) is 16.9 Å². The van der Waals surface area contributed by atoms with Crippen molar-refractivity contribution in [1.82, 2.24) is 14.2 Å². The molecule has 1 amide bonds. The number of methoxy groups -OCH3 is 1. The number of halogens is 1. The van der Waals surface area contributed by atoms with Crippen molar-refractivity contribution in [3.63, 3.8) is 0 Å². The third-order valence-corrected chi connectivity index (χ3v) is 8.04. The monoisotopic (exact) mass is 563 g/mol. The number of carbonyl (C=O) groups excluding carboxylic acids is 2. The Kier molecular flexibility index (Phi) is 7.59. The van der Waals surface area contributed by atoms with Gasteiger partial charge in [-0.15, -0.1) is 0 Å². The van der Waals surface area contributed by atoms with Crippen molar-refractivity contribution in [2.24, 2.45) is 0 Å². The molecule has 1 aliphatic rings. The predicted octanol–water partition coefficient (Wildman–Crippen LogP) is 6.38. The minimum atomic E-state index is -0.533. The van der Waals surface area contributed by atoms with Gasteiger partial charge in [-0.1, -0.05) is 84.4 Å². The number of ketones is 1. The molecule has 0 atom stereocenters. The number of aromatic nitrogens is 1. The van der Waals surface area contributed by atoms with Crippen LogP contribution in [-0.2, 0) is 4.79 Å². The molecule has 0 unspecified atom stereocenters. The van der Waals surface area contributed by atoms with Gasteiger partial charge in [0.15, 0.2) is 0 Å². The number of benzene rings is 3. The van der Waals surface area contributed by atoms with E-state index >= 15 is 0 Å². The quantitative estimate of drug-likeness (QED) is 0.170. The molecule has 0 N–H and O–H groups in total. The van der Waals surface area contributed by atoms with E-state index in [9.17, 15) is 9.59 Å². The number of nitrogens with zero attached hydrogens (tertiary/aromatic N) is 3. The molecule has 0 aliphatic carbocycles. The van der Waals surface area contributed by atoms with Gasteiger partial charge in [-0.3, -0.25) is 14.5 Å². The number of amides is 1. The van der Waals surface area contributed by atoms with Gasteiger partial charge in [-0.05, 0) is 47.0 Å². The average molecular weight is 564 g/mol. The zero-order valence-corrected chi connectivity index (χ0v) is 23.5.